The number of ether oxygens (including phenoxy) is 1. The first kappa shape index (κ1) is 17.8. The number of Topliss-reactive ketones (excluding diaryl/α,β-unsaturated/α-hetero) is 1. The van der Waals surface area contributed by atoms with E-state index in [1.807, 2.05) is 12.2 Å². The summed E-state index contributed by atoms with van der Waals surface area (Å²) in [5, 5.41) is 0. The Hall–Kier alpha value is -2.23. The molecule has 1 unspecified atom stereocenters. The highest BCUT2D eigenvalue weighted by Crippen LogP contribution is 2.69. The van der Waals surface area contributed by atoms with Gasteiger partial charge in [0.05, 0.1) is 12.5 Å². The van der Waals surface area contributed by atoms with Gasteiger partial charge in [0, 0.05) is 18.3 Å². The molecule has 0 aromatic rings. The van der Waals surface area contributed by atoms with Gasteiger partial charge in [-0.1, -0.05) is 36.3 Å². The molecule has 4 nitrogen and oxygen atoms in total. The summed E-state index contributed by atoms with van der Waals surface area (Å²) < 4.78 is 5.15. The second-order valence-corrected chi connectivity index (χ2v) is 9.47. The van der Waals surface area contributed by atoms with E-state index >= 15 is 0 Å². The third-order valence-corrected chi connectivity index (χ3v) is 8.39. The molecular weight excluding hydrogens is 352 g/mol. The second kappa shape index (κ2) is 5.43. The van der Waals surface area contributed by atoms with E-state index in [9.17, 15) is 14.4 Å². The first-order chi connectivity index (χ1) is 13.3. The van der Waals surface area contributed by atoms with Gasteiger partial charge in [0.25, 0.3) is 0 Å². The highest BCUT2D eigenvalue weighted by Gasteiger charge is 2.64. The Morgan fingerprint density at radius 3 is 2.71 bits per heavy atom. The van der Waals surface area contributed by atoms with Crippen LogP contribution < -0.4 is 0 Å². The van der Waals surface area contributed by atoms with Crippen molar-refractivity contribution in [1.82, 2.24) is 0 Å². The molecule has 0 heterocycles. The number of carbonyl (C=O) groups is 3. The number of carbonyl (C=O) groups excluding carboxylic acids is 3. The van der Waals surface area contributed by atoms with Gasteiger partial charge in [-0.3, -0.25) is 14.4 Å². The van der Waals surface area contributed by atoms with Crippen molar-refractivity contribution in [2.24, 2.45) is 22.2 Å². The van der Waals surface area contributed by atoms with Crippen molar-refractivity contribution in [1.29, 1.82) is 0 Å². The molecule has 0 saturated heterocycles. The van der Waals surface area contributed by atoms with Crippen molar-refractivity contribution in [3.05, 3.63) is 46.6 Å². The summed E-state index contributed by atoms with van der Waals surface area (Å²) in [6.07, 6.45) is 12.2. The van der Waals surface area contributed by atoms with Crippen molar-refractivity contribution < 1.29 is 19.1 Å². The van der Waals surface area contributed by atoms with E-state index in [-0.39, 0.29) is 22.6 Å². The van der Waals surface area contributed by atoms with E-state index in [0.29, 0.717) is 18.6 Å². The third kappa shape index (κ3) is 1.89. The predicted octanol–water partition coefficient (Wildman–Crippen LogP) is 4.03. The molecule has 0 aromatic carbocycles. The molecule has 0 N–H and O–H groups in total. The predicted molar refractivity (Wildman–Crippen MR) is 104 cm³/mol. The maximum atomic E-state index is 13.2. The summed E-state index contributed by atoms with van der Waals surface area (Å²) in [5.74, 6) is -0.423. The molecule has 146 valence electrons. The summed E-state index contributed by atoms with van der Waals surface area (Å²) in [7, 11) is 1.41. The average molecular weight is 378 g/mol. The number of methoxy groups -OCH3 is 1. The van der Waals surface area contributed by atoms with Gasteiger partial charge in [-0.2, -0.15) is 0 Å². The quantitative estimate of drug-likeness (QED) is 0.511. The van der Waals surface area contributed by atoms with Crippen LogP contribution in [0.4, 0.5) is 0 Å². The van der Waals surface area contributed by atoms with E-state index < -0.39 is 11.3 Å². The Bertz CT molecular complexity index is 961. The van der Waals surface area contributed by atoms with Crippen molar-refractivity contribution in [3.8, 4) is 0 Å². The number of rotatable bonds is 1. The molecule has 4 heteroatoms. The topological polar surface area (TPSA) is 60.4 Å². The zero-order valence-corrected chi connectivity index (χ0v) is 16.8. The number of hydrogen-bond donors (Lipinski definition) is 0. The van der Waals surface area contributed by atoms with E-state index in [1.54, 1.807) is 6.08 Å². The molecule has 0 aromatic heterocycles. The summed E-state index contributed by atoms with van der Waals surface area (Å²) >= 11 is 0. The molecule has 5 rings (SSSR count). The number of hydrogen-bond acceptors (Lipinski definition) is 4. The highest BCUT2D eigenvalue weighted by atomic mass is 16.5. The van der Waals surface area contributed by atoms with Crippen LogP contribution in [-0.2, 0) is 19.1 Å². The molecule has 1 fully saturated rings. The number of fused-ring (bicyclic) bond motifs is 3. The Morgan fingerprint density at radius 1 is 1.18 bits per heavy atom. The van der Waals surface area contributed by atoms with Gasteiger partial charge in [-0.05, 0) is 55.2 Å². The van der Waals surface area contributed by atoms with Gasteiger partial charge in [0.15, 0.2) is 5.78 Å². The van der Waals surface area contributed by atoms with Crippen LogP contribution in [0.3, 0.4) is 0 Å². The Balaban J connectivity index is 1.75. The zero-order valence-electron chi connectivity index (χ0n) is 16.8. The Labute approximate surface area is 165 Å². The molecule has 5 aliphatic carbocycles. The fraction of sp³-hybridized carbons (Fsp3) is 0.542. The van der Waals surface area contributed by atoms with Crippen LogP contribution in [0.5, 0.6) is 0 Å². The summed E-state index contributed by atoms with van der Waals surface area (Å²) in [6, 6.07) is 0. The van der Waals surface area contributed by atoms with Gasteiger partial charge < -0.3 is 4.74 Å². The first-order valence-corrected chi connectivity index (χ1v) is 10.3. The molecule has 0 radical (unpaired) electrons. The van der Waals surface area contributed by atoms with Crippen LogP contribution >= 0.6 is 0 Å². The van der Waals surface area contributed by atoms with Crippen LogP contribution in [-0.4, -0.2) is 24.6 Å². The van der Waals surface area contributed by atoms with Gasteiger partial charge in [0.2, 0.25) is 0 Å². The average Bonchev–Trinajstić information content (AvgIpc) is 3.11. The molecular formula is C24H26O4. The Kier molecular flexibility index (Phi) is 3.46. The zero-order chi connectivity index (χ0) is 19.9. The molecule has 1 saturated carbocycles. The number of esters is 1. The minimum absolute atomic E-state index is 0.0398. The lowest BCUT2D eigenvalue weighted by Gasteiger charge is -2.50. The minimum Gasteiger partial charge on any atom is -0.468 e. The first-order valence-electron chi connectivity index (χ1n) is 10.3. The van der Waals surface area contributed by atoms with Crippen molar-refractivity contribution >= 4 is 17.5 Å². The summed E-state index contributed by atoms with van der Waals surface area (Å²) in [4.78, 5) is 38.1. The van der Waals surface area contributed by atoms with Crippen LogP contribution in [0.1, 0.15) is 52.4 Å². The fourth-order valence-corrected chi connectivity index (χ4v) is 6.75. The van der Waals surface area contributed by atoms with Gasteiger partial charge in [0.1, 0.15) is 11.7 Å². The van der Waals surface area contributed by atoms with Crippen LogP contribution in [0.2, 0.25) is 0 Å². The molecule has 4 atom stereocenters. The third-order valence-electron chi connectivity index (χ3n) is 8.39. The minimum atomic E-state index is -0.526. The number of allylic oxidation sites excluding steroid dienone is 6. The van der Waals surface area contributed by atoms with Crippen LogP contribution in [0, 0.1) is 22.2 Å². The summed E-state index contributed by atoms with van der Waals surface area (Å²) in [5.41, 5.74) is 3.43. The second-order valence-electron chi connectivity index (χ2n) is 9.47. The van der Waals surface area contributed by atoms with E-state index in [4.69, 9.17) is 4.74 Å². The van der Waals surface area contributed by atoms with E-state index in [0.717, 1.165) is 42.4 Å². The summed E-state index contributed by atoms with van der Waals surface area (Å²) in [6.45, 7) is 4.39. The molecule has 28 heavy (non-hydrogen) atoms. The molecule has 1 spiro atoms. The SMILES string of the molecule is COC(=O)[C@@H]1C=C2CC(=O)C=CC2(C)C2=C1C1=CC[C@@]3(C)CCC(=O)[C@@]13CC2. The molecule has 0 aliphatic heterocycles. The van der Waals surface area contributed by atoms with Gasteiger partial charge in [-0.25, -0.2) is 0 Å². The lowest BCUT2D eigenvalue weighted by Crippen LogP contribution is -2.45. The van der Waals surface area contributed by atoms with E-state index in [1.165, 1.54) is 12.7 Å². The van der Waals surface area contributed by atoms with Crippen LogP contribution in [0.15, 0.2) is 46.6 Å². The maximum Gasteiger partial charge on any atom is 0.317 e. The smallest absolute Gasteiger partial charge is 0.317 e. The van der Waals surface area contributed by atoms with Crippen molar-refractivity contribution in [3.63, 3.8) is 0 Å². The monoisotopic (exact) mass is 378 g/mol. The largest absolute Gasteiger partial charge is 0.468 e. The molecule has 5 aliphatic rings. The molecule has 0 bridgehead atoms. The Morgan fingerprint density at radius 2 is 1.96 bits per heavy atom. The fourth-order valence-electron chi connectivity index (χ4n) is 6.75. The van der Waals surface area contributed by atoms with Crippen molar-refractivity contribution in [2.45, 2.75) is 52.4 Å². The lowest BCUT2D eigenvalue weighted by molar-refractivity contribution is -0.143. The highest BCUT2D eigenvalue weighted by molar-refractivity contribution is 5.97. The lowest BCUT2D eigenvalue weighted by atomic mass is 9.52. The molecule has 0 amide bonds. The van der Waals surface area contributed by atoms with E-state index in [2.05, 4.69) is 19.9 Å². The number of ketones is 2. The van der Waals surface area contributed by atoms with Crippen LogP contribution in [0.25, 0.3) is 0 Å². The van der Waals surface area contributed by atoms with Gasteiger partial charge in [-0.15, -0.1) is 0 Å². The maximum absolute atomic E-state index is 13.2. The standard InChI is InChI=1S/C24H26O4/c1-22-8-5-18-20-16(21(27)28-3)13-14-12-15(25)4-10-23(14,2)17(20)6-11-24(18,22)19(26)7-9-22/h4-5,10,13,16H,6-9,11-12H2,1-3H3/t16-,22+,23?,24-/m1/s1. The van der Waals surface area contributed by atoms with Gasteiger partial charge >= 0.3 is 5.97 Å². The van der Waals surface area contributed by atoms with Crippen molar-refractivity contribution in [2.75, 3.05) is 7.11 Å². The normalized spacial score (nSPS) is 41.0.